The Morgan fingerprint density at radius 3 is 2.59 bits per heavy atom. The predicted molar refractivity (Wildman–Crippen MR) is 72.5 cm³/mol. The Kier molecular flexibility index (Phi) is 5.49. The maximum Gasteiger partial charge on any atom is 0.119 e. The Labute approximate surface area is 105 Å². The molecule has 0 unspecified atom stereocenters. The summed E-state index contributed by atoms with van der Waals surface area (Å²) in [5.41, 5.74) is 1.60. The van der Waals surface area contributed by atoms with Crippen LogP contribution in [-0.4, -0.2) is 18.7 Å². The van der Waals surface area contributed by atoms with Crippen LogP contribution in [-0.2, 0) is 0 Å². The molecule has 2 N–H and O–H groups in total. The van der Waals surface area contributed by atoms with E-state index in [1.165, 1.54) is 18.5 Å². The van der Waals surface area contributed by atoms with Gasteiger partial charge in [-0.3, -0.25) is 0 Å². The van der Waals surface area contributed by atoms with E-state index in [2.05, 4.69) is 45.1 Å². The molecule has 0 bridgehead atoms. The number of unbranched alkanes of at least 4 members (excludes halogenated alkanes) is 1. The largest absolute Gasteiger partial charge is 0.494 e. The molecule has 0 saturated heterocycles. The summed E-state index contributed by atoms with van der Waals surface area (Å²) in [7, 11) is 0. The van der Waals surface area contributed by atoms with Crippen molar-refractivity contribution < 1.29 is 10.1 Å². The number of hydrogen-bond donors (Lipinski definition) is 1. The van der Waals surface area contributed by atoms with Crippen molar-refractivity contribution in [2.75, 3.05) is 13.2 Å². The molecule has 0 radical (unpaired) electrons. The molecule has 1 aromatic carbocycles. The molecule has 0 spiro atoms. The molecule has 0 aromatic heterocycles. The van der Waals surface area contributed by atoms with E-state index in [0.717, 1.165) is 18.8 Å². The molecular formula is C15H26NO+. The first-order chi connectivity index (χ1) is 7.97. The molecule has 0 fully saturated rings. The fourth-order valence-corrected chi connectivity index (χ4v) is 1.68. The van der Waals surface area contributed by atoms with Crippen LogP contribution in [0.4, 0.5) is 0 Å². The predicted octanol–water partition coefficient (Wildman–Crippen LogP) is 2.52. The van der Waals surface area contributed by atoms with Gasteiger partial charge in [-0.1, -0.05) is 12.1 Å². The fourth-order valence-electron chi connectivity index (χ4n) is 1.68. The second-order valence-electron chi connectivity index (χ2n) is 5.73. The summed E-state index contributed by atoms with van der Waals surface area (Å²) in [5.74, 6) is 0.991. The molecule has 2 heteroatoms. The molecule has 0 aliphatic heterocycles. The Balaban J connectivity index is 2.09. The summed E-state index contributed by atoms with van der Waals surface area (Å²) in [6.07, 6.45) is 2.34. The van der Waals surface area contributed by atoms with Gasteiger partial charge in [0.05, 0.1) is 18.7 Å². The van der Waals surface area contributed by atoms with Crippen molar-refractivity contribution in [3.05, 3.63) is 29.8 Å². The van der Waals surface area contributed by atoms with Gasteiger partial charge in [-0.05, 0) is 58.2 Å². The lowest BCUT2D eigenvalue weighted by molar-refractivity contribution is -0.717. The van der Waals surface area contributed by atoms with Crippen LogP contribution in [0.2, 0.25) is 0 Å². The zero-order valence-corrected chi connectivity index (χ0v) is 11.6. The third-order valence-corrected chi connectivity index (χ3v) is 2.61. The first kappa shape index (κ1) is 14.0. The molecule has 0 heterocycles. The van der Waals surface area contributed by atoms with Crippen LogP contribution in [0.1, 0.15) is 39.2 Å². The molecule has 0 saturated carbocycles. The van der Waals surface area contributed by atoms with Gasteiger partial charge < -0.3 is 10.1 Å². The lowest BCUT2D eigenvalue weighted by Crippen LogP contribution is -2.94. The quantitative estimate of drug-likeness (QED) is 0.755. The lowest BCUT2D eigenvalue weighted by Gasteiger charge is -2.16. The highest BCUT2D eigenvalue weighted by molar-refractivity contribution is 5.27. The van der Waals surface area contributed by atoms with E-state index >= 15 is 0 Å². The molecule has 0 aliphatic rings. The highest BCUT2D eigenvalue weighted by Gasteiger charge is 2.11. The van der Waals surface area contributed by atoms with Crippen molar-refractivity contribution >= 4 is 0 Å². The SMILES string of the molecule is Cc1cccc(OCCCC[NH2+]C(C)(C)C)c1. The highest BCUT2D eigenvalue weighted by atomic mass is 16.5. The summed E-state index contributed by atoms with van der Waals surface area (Å²) >= 11 is 0. The van der Waals surface area contributed by atoms with Crippen molar-refractivity contribution in [1.29, 1.82) is 0 Å². The molecule has 0 atom stereocenters. The van der Waals surface area contributed by atoms with Crippen LogP contribution in [0.15, 0.2) is 24.3 Å². The molecule has 1 aromatic rings. The number of ether oxygens (including phenoxy) is 1. The van der Waals surface area contributed by atoms with E-state index in [4.69, 9.17) is 4.74 Å². The van der Waals surface area contributed by atoms with Crippen LogP contribution in [0, 0.1) is 6.92 Å². The van der Waals surface area contributed by atoms with Crippen LogP contribution in [0.5, 0.6) is 5.75 Å². The number of nitrogens with two attached hydrogens (primary N) is 1. The van der Waals surface area contributed by atoms with Crippen molar-refractivity contribution in [2.24, 2.45) is 0 Å². The standard InChI is InChI=1S/C15H25NO/c1-13-8-7-9-14(12-13)17-11-6-5-10-16-15(2,3)4/h7-9,12,16H,5-6,10-11H2,1-4H3/p+1. The minimum Gasteiger partial charge on any atom is -0.494 e. The van der Waals surface area contributed by atoms with Gasteiger partial charge in [-0.15, -0.1) is 0 Å². The van der Waals surface area contributed by atoms with Gasteiger partial charge in [0, 0.05) is 0 Å². The average molecular weight is 236 g/mol. The van der Waals surface area contributed by atoms with Crippen LogP contribution >= 0.6 is 0 Å². The molecule has 0 amide bonds. The number of rotatable bonds is 6. The number of benzene rings is 1. The molecule has 0 aliphatic carbocycles. The summed E-state index contributed by atoms with van der Waals surface area (Å²) in [4.78, 5) is 0. The summed E-state index contributed by atoms with van der Waals surface area (Å²) in [6, 6.07) is 8.23. The monoisotopic (exact) mass is 236 g/mol. The number of quaternary nitrogens is 1. The van der Waals surface area contributed by atoms with E-state index in [1.54, 1.807) is 0 Å². The maximum atomic E-state index is 5.71. The summed E-state index contributed by atoms with van der Waals surface area (Å²) in [5, 5.41) is 2.39. The minimum absolute atomic E-state index is 0.345. The summed E-state index contributed by atoms with van der Waals surface area (Å²) < 4.78 is 5.71. The second kappa shape index (κ2) is 6.65. The van der Waals surface area contributed by atoms with E-state index in [1.807, 2.05) is 12.1 Å². The molecule has 96 valence electrons. The zero-order chi connectivity index (χ0) is 12.7. The van der Waals surface area contributed by atoms with E-state index in [0.29, 0.717) is 5.54 Å². The van der Waals surface area contributed by atoms with Crippen LogP contribution in [0.3, 0.4) is 0 Å². The Hall–Kier alpha value is -1.02. The first-order valence-corrected chi connectivity index (χ1v) is 6.51. The van der Waals surface area contributed by atoms with Crippen molar-refractivity contribution in [3.63, 3.8) is 0 Å². The Morgan fingerprint density at radius 1 is 1.18 bits per heavy atom. The van der Waals surface area contributed by atoms with Crippen LogP contribution in [0.25, 0.3) is 0 Å². The minimum atomic E-state index is 0.345. The van der Waals surface area contributed by atoms with Gasteiger partial charge in [0.15, 0.2) is 0 Å². The smallest absolute Gasteiger partial charge is 0.119 e. The molecule has 2 nitrogen and oxygen atoms in total. The van der Waals surface area contributed by atoms with Crippen molar-refractivity contribution in [1.82, 2.24) is 0 Å². The second-order valence-corrected chi connectivity index (χ2v) is 5.73. The van der Waals surface area contributed by atoms with Gasteiger partial charge >= 0.3 is 0 Å². The number of aryl methyl sites for hydroxylation is 1. The molecular weight excluding hydrogens is 210 g/mol. The van der Waals surface area contributed by atoms with Gasteiger partial charge in [0.1, 0.15) is 5.75 Å². The van der Waals surface area contributed by atoms with Crippen LogP contribution < -0.4 is 10.1 Å². The highest BCUT2D eigenvalue weighted by Crippen LogP contribution is 2.12. The van der Waals surface area contributed by atoms with E-state index in [9.17, 15) is 0 Å². The Morgan fingerprint density at radius 2 is 1.94 bits per heavy atom. The fraction of sp³-hybridized carbons (Fsp3) is 0.600. The van der Waals surface area contributed by atoms with Crippen molar-refractivity contribution in [2.45, 2.75) is 46.1 Å². The zero-order valence-electron chi connectivity index (χ0n) is 11.6. The molecule has 1 rings (SSSR count). The van der Waals surface area contributed by atoms with Gasteiger partial charge in [0.2, 0.25) is 0 Å². The maximum absolute atomic E-state index is 5.71. The van der Waals surface area contributed by atoms with Crippen molar-refractivity contribution in [3.8, 4) is 5.75 Å². The third kappa shape index (κ3) is 7.01. The Bertz CT molecular complexity index is 328. The first-order valence-electron chi connectivity index (χ1n) is 6.51. The topological polar surface area (TPSA) is 25.8 Å². The normalized spacial score (nSPS) is 11.5. The van der Waals surface area contributed by atoms with Gasteiger partial charge in [-0.2, -0.15) is 0 Å². The third-order valence-electron chi connectivity index (χ3n) is 2.61. The van der Waals surface area contributed by atoms with Gasteiger partial charge in [0.25, 0.3) is 0 Å². The van der Waals surface area contributed by atoms with E-state index < -0.39 is 0 Å². The molecule has 17 heavy (non-hydrogen) atoms. The summed E-state index contributed by atoms with van der Waals surface area (Å²) in [6.45, 7) is 10.8. The van der Waals surface area contributed by atoms with E-state index in [-0.39, 0.29) is 0 Å². The van der Waals surface area contributed by atoms with Gasteiger partial charge in [-0.25, -0.2) is 0 Å². The lowest BCUT2D eigenvalue weighted by atomic mass is 10.1. The number of hydrogen-bond acceptors (Lipinski definition) is 1. The average Bonchev–Trinajstić information content (AvgIpc) is 2.22.